The zero-order chi connectivity index (χ0) is 13.9. The van der Waals surface area contributed by atoms with E-state index in [0.29, 0.717) is 23.3 Å². The highest BCUT2D eigenvalue weighted by Gasteiger charge is 2.14. The van der Waals surface area contributed by atoms with Crippen molar-refractivity contribution in [3.63, 3.8) is 0 Å². The van der Waals surface area contributed by atoms with Gasteiger partial charge in [-0.3, -0.25) is 10.9 Å². The second-order valence-corrected chi connectivity index (χ2v) is 4.18. The van der Waals surface area contributed by atoms with Gasteiger partial charge in [-0.15, -0.1) is 0 Å². The lowest BCUT2D eigenvalue weighted by Gasteiger charge is -2.19. The van der Waals surface area contributed by atoms with Gasteiger partial charge in [-0.05, 0) is 31.2 Å². The van der Waals surface area contributed by atoms with Crippen LogP contribution >= 0.6 is 0 Å². The molecule has 1 aliphatic rings. The number of halogens is 1. The van der Waals surface area contributed by atoms with Crippen LogP contribution in [0.25, 0.3) is 0 Å². The van der Waals surface area contributed by atoms with E-state index in [1.807, 2.05) is 6.92 Å². The quantitative estimate of drug-likeness (QED) is 0.797. The van der Waals surface area contributed by atoms with E-state index in [0.717, 1.165) is 12.1 Å². The Balaban J connectivity index is 1.92. The van der Waals surface area contributed by atoms with Crippen molar-refractivity contribution in [3.05, 3.63) is 41.8 Å². The van der Waals surface area contributed by atoms with Crippen LogP contribution in [-0.4, -0.2) is 22.3 Å². The van der Waals surface area contributed by atoms with Crippen LogP contribution < -0.4 is 16.2 Å². The topological polar surface area (TPSA) is 74.2 Å². The normalized spacial score (nSPS) is 12.8. The van der Waals surface area contributed by atoms with E-state index in [-0.39, 0.29) is 5.82 Å². The molecule has 0 atom stereocenters. The number of aliphatic imine (C=N–C) groups is 1. The Morgan fingerprint density at radius 1 is 1.20 bits per heavy atom. The van der Waals surface area contributed by atoms with Crippen LogP contribution in [-0.2, 0) is 0 Å². The molecule has 0 aliphatic carbocycles. The average Bonchev–Trinajstić information content (AvgIpc) is 2.48. The first kappa shape index (κ1) is 12.3. The molecule has 0 amide bonds. The molecular weight excluding hydrogens is 259 g/mol. The van der Waals surface area contributed by atoms with E-state index >= 15 is 0 Å². The summed E-state index contributed by atoms with van der Waals surface area (Å²) in [6.45, 7) is 2.72. The van der Waals surface area contributed by atoms with Gasteiger partial charge in [0.15, 0.2) is 11.7 Å². The van der Waals surface area contributed by atoms with Gasteiger partial charge in [0, 0.05) is 12.1 Å². The lowest BCUT2D eigenvalue weighted by Crippen LogP contribution is -2.33. The largest absolute Gasteiger partial charge is 0.354 e. The first-order valence-corrected chi connectivity index (χ1v) is 6.24. The molecule has 7 heteroatoms. The van der Waals surface area contributed by atoms with Gasteiger partial charge < -0.3 is 5.32 Å². The molecule has 20 heavy (non-hydrogen) atoms. The number of hydrogen-bond donors (Lipinski definition) is 3. The van der Waals surface area contributed by atoms with E-state index in [1.165, 1.54) is 12.1 Å². The summed E-state index contributed by atoms with van der Waals surface area (Å²) < 4.78 is 12.9. The van der Waals surface area contributed by atoms with E-state index in [2.05, 4.69) is 31.1 Å². The van der Waals surface area contributed by atoms with Gasteiger partial charge in [-0.1, -0.05) is 0 Å². The third-order valence-electron chi connectivity index (χ3n) is 2.75. The van der Waals surface area contributed by atoms with Crippen molar-refractivity contribution < 1.29 is 4.39 Å². The zero-order valence-corrected chi connectivity index (χ0v) is 10.8. The Bertz CT molecular complexity index is 652. The second-order valence-electron chi connectivity index (χ2n) is 4.18. The monoisotopic (exact) mass is 272 g/mol. The van der Waals surface area contributed by atoms with Gasteiger partial charge in [-0.2, -0.15) is 4.98 Å². The summed E-state index contributed by atoms with van der Waals surface area (Å²) in [4.78, 5) is 12.9. The molecule has 2 aromatic rings. The number of hydrazine groups is 1. The first-order valence-electron chi connectivity index (χ1n) is 6.24. The standard InChI is InChI=1S/C13H13FN6/c1-2-15-13-16-7-10-12(18-13)20-19-11(17-10)8-3-5-9(14)6-4-8/h3-7H,2H2,1H3,(H,17,19)(H2,15,16,18,20). The second kappa shape index (κ2) is 5.12. The number of anilines is 2. The zero-order valence-electron chi connectivity index (χ0n) is 10.8. The minimum Gasteiger partial charge on any atom is -0.354 e. The van der Waals surface area contributed by atoms with Crippen molar-refractivity contribution in [1.29, 1.82) is 0 Å². The number of nitrogens with one attached hydrogen (secondary N) is 3. The Kier molecular flexibility index (Phi) is 3.16. The fourth-order valence-electron chi connectivity index (χ4n) is 1.80. The van der Waals surface area contributed by atoms with Gasteiger partial charge >= 0.3 is 0 Å². The van der Waals surface area contributed by atoms with Crippen LogP contribution in [0.1, 0.15) is 12.5 Å². The molecule has 3 N–H and O–H groups in total. The number of hydrogen-bond acceptors (Lipinski definition) is 6. The fraction of sp³-hybridized carbons (Fsp3) is 0.154. The summed E-state index contributed by atoms with van der Waals surface area (Å²) in [5.41, 5.74) is 7.31. The predicted molar refractivity (Wildman–Crippen MR) is 75.6 cm³/mol. The molecule has 0 saturated carbocycles. The summed E-state index contributed by atoms with van der Waals surface area (Å²) in [5.74, 6) is 1.46. The summed E-state index contributed by atoms with van der Waals surface area (Å²) in [5, 5.41) is 3.03. The molecule has 0 radical (unpaired) electrons. The summed E-state index contributed by atoms with van der Waals surface area (Å²) in [6, 6.07) is 6.09. The molecule has 0 unspecified atom stereocenters. The van der Waals surface area contributed by atoms with Gasteiger partial charge in [0.2, 0.25) is 5.95 Å². The highest BCUT2D eigenvalue weighted by molar-refractivity contribution is 6.03. The molecule has 0 fully saturated rings. The van der Waals surface area contributed by atoms with Crippen molar-refractivity contribution in [2.45, 2.75) is 6.92 Å². The maximum absolute atomic E-state index is 12.9. The smallest absolute Gasteiger partial charge is 0.224 e. The minimum absolute atomic E-state index is 0.280. The Morgan fingerprint density at radius 2 is 2.00 bits per heavy atom. The van der Waals surface area contributed by atoms with E-state index in [1.54, 1.807) is 18.3 Å². The van der Waals surface area contributed by atoms with Crippen molar-refractivity contribution >= 4 is 23.3 Å². The van der Waals surface area contributed by atoms with Gasteiger partial charge in [0.25, 0.3) is 0 Å². The average molecular weight is 272 g/mol. The van der Waals surface area contributed by atoms with Crippen molar-refractivity contribution in [3.8, 4) is 0 Å². The first-order chi connectivity index (χ1) is 9.76. The number of amidine groups is 1. The molecule has 2 heterocycles. The summed E-state index contributed by atoms with van der Waals surface area (Å²) in [7, 11) is 0. The molecule has 6 nitrogen and oxygen atoms in total. The van der Waals surface area contributed by atoms with E-state index in [9.17, 15) is 4.39 Å². The maximum Gasteiger partial charge on any atom is 0.224 e. The van der Waals surface area contributed by atoms with Gasteiger partial charge in [0.05, 0.1) is 6.20 Å². The number of nitrogens with zero attached hydrogens (tertiary/aromatic N) is 3. The summed E-state index contributed by atoms with van der Waals surface area (Å²) >= 11 is 0. The van der Waals surface area contributed by atoms with Gasteiger partial charge in [0.1, 0.15) is 11.5 Å². The molecular formula is C13H13FN6. The number of fused-ring (bicyclic) bond motifs is 1. The highest BCUT2D eigenvalue weighted by atomic mass is 19.1. The number of benzene rings is 1. The summed E-state index contributed by atoms with van der Waals surface area (Å²) in [6.07, 6.45) is 1.64. The van der Waals surface area contributed by atoms with Crippen LogP contribution in [0.5, 0.6) is 0 Å². The molecule has 3 rings (SSSR count). The SMILES string of the molecule is CCNc1ncc2c(n1)NNC(c1ccc(F)cc1)=N2. The van der Waals surface area contributed by atoms with Crippen LogP contribution in [0.4, 0.5) is 21.8 Å². The van der Waals surface area contributed by atoms with Crippen LogP contribution in [0.3, 0.4) is 0 Å². The third-order valence-corrected chi connectivity index (χ3v) is 2.75. The van der Waals surface area contributed by atoms with Gasteiger partial charge in [-0.25, -0.2) is 14.4 Å². The van der Waals surface area contributed by atoms with Crippen molar-refractivity contribution in [2.24, 2.45) is 4.99 Å². The Morgan fingerprint density at radius 3 is 2.75 bits per heavy atom. The van der Waals surface area contributed by atoms with Crippen molar-refractivity contribution in [2.75, 3.05) is 17.3 Å². The molecule has 1 aromatic carbocycles. The Hall–Kier alpha value is -2.70. The lowest BCUT2D eigenvalue weighted by molar-refractivity contribution is 0.627. The molecule has 1 aromatic heterocycles. The van der Waals surface area contributed by atoms with E-state index in [4.69, 9.17) is 0 Å². The van der Waals surface area contributed by atoms with Crippen molar-refractivity contribution in [1.82, 2.24) is 15.4 Å². The van der Waals surface area contributed by atoms with Crippen LogP contribution in [0, 0.1) is 5.82 Å². The molecule has 102 valence electrons. The van der Waals surface area contributed by atoms with E-state index < -0.39 is 0 Å². The molecule has 0 saturated heterocycles. The molecule has 1 aliphatic heterocycles. The molecule has 0 bridgehead atoms. The van der Waals surface area contributed by atoms with Crippen LogP contribution in [0.2, 0.25) is 0 Å². The van der Waals surface area contributed by atoms with Crippen LogP contribution in [0.15, 0.2) is 35.5 Å². The third kappa shape index (κ3) is 2.37. The highest BCUT2D eigenvalue weighted by Crippen LogP contribution is 2.25. The predicted octanol–water partition coefficient (Wildman–Crippen LogP) is 2.06. The number of aromatic nitrogens is 2. The molecule has 0 spiro atoms. The minimum atomic E-state index is -0.280. The number of rotatable bonds is 3. The maximum atomic E-state index is 12.9. The fourth-order valence-corrected chi connectivity index (χ4v) is 1.80. The Labute approximate surface area is 115 Å². The lowest BCUT2D eigenvalue weighted by atomic mass is 10.2.